The van der Waals surface area contributed by atoms with Gasteiger partial charge in [-0.25, -0.2) is 4.79 Å². The minimum Gasteiger partial charge on any atom is -0.489 e. The number of carbonyl (C=O) groups excluding carboxylic acids is 1. The van der Waals surface area contributed by atoms with Crippen LogP contribution in [0.15, 0.2) is 48.7 Å². The lowest BCUT2D eigenvalue weighted by molar-refractivity contribution is 0.0528. The van der Waals surface area contributed by atoms with Crippen LogP contribution in [0.25, 0.3) is 10.9 Å². The second-order valence-corrected chi connectivity index (χ2v) is 8.50. The first-order valence-electron chi connectivity index (χ1n) is 9.67. The molecule has 0 bridgehead atoms. The Morgan fingerprint density at radius 1 is 1.14 bits per heavy atom. The number of fused-ring (bicyclic) bond motifs is 1. The second-order valence-electron chi connectivity index (χ2n) is 7.94. The lowest BCUT2D eigenvalue weighted by Crippen LogP contribution is -2.33. The largest absolute Gasteiger partial charge is 0.489 e. The van der Waals surface area contributed by atoms with Gasteiger partial charge in [-0.05, 0) is 62.1 Å². The molecule has 0 fully saturated rings. The minimum atomic E-state index is -0.495. The minimum absolute atomic E-state index is 0.396. The van der Waals surface area contributed by atoms with E-state index in [-0.39, 0.29) is 0 Å². The number of aromatic amines is 1. The Morgan fingerprint density at radius 3 is 2.69 bits per heavy atom. The topological polar surface area (TPSA) is 63.3 Å². The molecule has 5 nitrogen and oxygen atoms in total. The van der Waals surface area contributed by atoms with Gasteiger partial charge in [0.25, 0.3) is 0 Å². The van der Waals surface area contributed by atoms with Gasteiger partial charge in [-0.15, -0.1) is 0 Å². The van der Waals surface area contributed by atoms with Crippen molar-refractivity contribution in [1.82, 2.24) is 10.3 Å². The molecule has 3 aromatic rings. The zero-order valence-electron chi connectivity index (χ0n) is 17.0. The van der Waals surface area contributed by atoms with Gasteiger partial charge in [0, 0.05) is 29.0 Å². The van der Waals surface area contributed by atoms with Gasteiger partial charge in [-0.1, -0.05) is 40.2 Å². The van der Waals surface area contributed by atoms with Crippen LogP contribution in [0.2, 0.25) is 0 Å². The molecule has 154 valence electrons. The summed E-state index contributed by atoms with van der Waals surface area (Å²) in [5.74, 6) is 0.822. The lowest BCUT2D eigenvalue weighted by atomic mass is 10.1. The molecule has 2 N–H and O–H groups in total. The normalized spacial score (nSPS) is 11.4. The Labute approximate surface area is 179 Å². The van der Waals surface area contributed by atoms with Crippen molar-refractivity contribution in [1.29, 1.82) is 0 Å². The van der Waals surface area contributed by atoms with Crippen molar-refractivity contribution < 1.29 is 14.3 Å². The Balaban J connectivity index is 1.61. The van der Waals surface area contributed by atoms with Gasteiger partial charge in [-0.3, -0.25) is 0 Å². The molecule has 0 unspecified atom stereocenters. The van der Waals surface area contributed by atoms with E-state index in [0.29, 0.717) is 19.6 Å². The van der Waals surface area contributed by atoms with Crippen LogP contribution in [0.3, 0.4) is 0 Å². The quantitative estimate of drug-likeness (QED) is 0.445. The van der Waals surface area contributed by atoms with Crippen LogP contribution in [0, 0.1) is 0 Å². The third-order valence-corrected chi connectivity index (χ3v) is 5.00. The summed E-state index contributed by atoms with van der Waals surface area (Å²) in [4.78, 5) is 15.1. The Hall–Kier alpha value is -2.47. The predicted molar refractivity (Wildman–Crippen MR) is 120 cm³/mol. The van der Waals surface area contributed by atoms with E-state index < -0.39 is 11.7 Å². The number of ether oxygens (including phenoxy) is 2. The highest BCUT2D eigenvalue weighted by Crippen LogP contribution is 2.25. The average molecular weight is 459 g/mol. The molecule has 6 heteroatoms. The molecule has 0 aliphatic carbocycles. The van der Waals surface area contributed by atoms with E-state index in [4.69, 9.17) is 9.47 Å². The van der Waals surface area contributed by atoms with Gasteiger partial charge < -0.3 is 19.8 Å². The third-order valence-electron chi connectivity index (χ3n) is 4.35. The highest BCUT2D eigenvalue weighted by molar-refractivity contribution is 9.08. The first-order chi connectivity index (χ1) is 13.8. The van der Waals surface area contributed by atoms with E-state index in [0.717, 1.165) is 33.1 Å². The van der Waals surface area contributed by atoms with Crippen molar-refractivity contribution in [2.45, 2.75) is 44.7 Å². The summed E-state index contributed by atoms with van der Waals surface area (Å²) in [6.07, 6.45) is 2.29. The van der Waals surface area contributed by atoms with Crippen LogP contribution in [0.1, 0.15) is 37.5 Å². The van der Waals surface area contributed by atoms with E-state index >= 15 is 0 Å². The maximum absolute atomic E-state index is 11.8. The summed E-state index contributed by atoms with van der Waals surface area (Å²) in [5, 5.41) is 4.73. The summed E-state index contributed by atoms with van der Waals surface area (Å²) in [6, 6.07) is 14.4. The number of benzene rings is 2. The van der Waals surface area contributed by atoms with Crippen molar-refractivity contribution in [2.24, 2.45) is 0 Å². The summed E-state index contributed by atoms with van der Waals surface area (Å²) >= 11 is 3.48. The zero-order valence-corrected chi connectivity index (χ0v) is 18.6. The number of carbonyl (C=O) groups is 1. The summed E-state index contributed by atoms with van der Waals surface area (Å²) in [5.41, 5.74) is 4.05. The van der Waals surface area contributed by atoms with Crippen molar-refractivity contribution in [3.8, 4) is 5.75 Å². The van der Waals surface area contributed by atoms with Crippen LogP contribution >= 0.6 is 15.9 Å². The molecule has 2 aromatic carbocycles. The molecule has 0 spiro atoms. The fourth-order valence-corrected chi connectivity index (χ4v) is 3.39. The van der Waals surface area contributed by atoms with Crippen LogP contribution < -0.4 is 10.1 Å². The number of aromatic nitrogens is 1. The van der Waals surface area contributed by atoms with E-state index in [2.05, 4.69) is 44.4 Å². The number of hydrogen-bond acceptors (Lipinski definition) is 3. The van der Waals surface area contributed by atoms with Gasteiger partial charge in [0.1, 0.15) is 18.0 Å². The number of nitrogens with one attached hydrogen (secondary N) is 2. The molecule has 29 heavy (non-hydrogen) atoms. The number of H-pyrrole nitrogens is 1. The number of alkyl carbamates (subject to hydrolysis) is 1. The van der Waals surface area contributed by atoms with E-state index in [1.807, 2.05) is 51.2 Å². The molecule has 0 aliphatic heterocycles. The fraction of sp³-hybridized carbons (Fsp3) is 0.348. The Bertz CT molecular complexity index is 976. The average Bonchev–Trinajstić information content (AvgIpc) is 3.07. The molecular formula is C23H27BrN2O3. The third kappa shape index (κ3) is 6.26. The van der Waals surface area contributed by atoms with E-state index in [1.165, 1.54) is 5.56 Å². The molecule has 1 aromatic heterocycles. The predicted octanol–water partition coefficient (Wildman–Crippen LogP) is 5.71. The summed E-state index contributed by atoms with van der Waals surface area (Å²) < 4.78 is 11.3. The molecular weight excluding hydrogens is 432 g/mol. The fourth-order valence-electron chi connectivity index (χ4n) is 3.04. The van der Waals surface area contributed by atoms with Crippen molar-refractivity contribution in [2.75, 3.05) is 6.54 Å². The van der Waals surface area contributed by atoms with Gasteiger partial charge in [0.15, 0.2) is 0 Å². The summed E-state index contributed by atoms with van der Waals surface area (Å²) in [7, 11) is 0. The number of amides is 1. The maximum Gasteiger partial charge on any atom is 0.407 e. The van der Waals surface area contributed by atoms with Crippen LogP contribution in [-0.4, -0.2) is 23.2 Å². The number of halogens is 1. The molecule has 0 saturated heterocycles. The van der Waals surface area contributed by atoms with Crippen molar-refractivity contribution in [3.63, 3.8) is 0 Å². The molecule has 0 aliphatic rings. The second kappa shape index (κ2) is 9.35. The number of rotatable bonds is 7. The van der Waals surface area contributed by atoms with Crippen molar-refractivity contribution >= 4 is 32.9 Å². The number of hydrogen-bond donors (Lipinski definition) is 2. The molecule has 0 atom stereocenters. The summed E-state index contributed by atoms with van der Waals surface area (Å²) in [6.45, 7) is 6.58. The zero-order chi connectivity index (χ0) is 20.9. The Morgan fingerprint density at radius 2 is 1.93 bits per heavy atom. The first-order valence-corrected chi connectivity index (χ1v) is 10.8. The highest BCUT2D eigenvalue weighted by Gasteiger charge is 2.15. The standard InChI is InChI=1S/C23H27BrN2O3/c1-23(2,3)29-22(27)25-10-9-18-14-26-21-8-7-19(12-20(18)21)28-15-17-6-4-5-16(11-17)13-24/h4-8,11-12,14,26H,9-10,13,15H2,1-3H3,(H,25,27). The van der Waals surface area contributed by atoms with Crippen LogP contribution in [0.4, 0.5) is 4.79 Å². The van der Waals surface area contributed by atoms with Crippen molar-refractivity contribution in [3.05, 3.63) is 65.4 Å². The van der Waals surface area contributed by atoms with Gasteiger partial charge in [-0.2, -0.15) is 0 Å². The Kier molecular flexibility index (Phi) is 6.85. The van der Waals surface area contributed by atoms with Crippen LogP contribution in [-0.2, 0) is 23.1 Å². The lowest BCUT2D eigenvalue weighted by Gasteiger charge is -2.19. The molecule has 1 amide bonds. The smallest absolute Gasteiger partial charge is 0.407 e. The SMILES string of the molecule is CC(C)(C)OC(=O)NCCc1c[nH]c2ccc(OCc3cccc(CBr)c3)cc12. The van der Waals surface area contributed by atoms with Gasteiger partial charge in [0.2, 0.25) is 0 Å². The highest BCUT2D eigenvalue weighted by atomic mass is 79.9. The van der Waals surface area contributed by atoms with E-state index in [1.54, 1.807) is 0 Å². The number of alkyl halides is 1. The van der Waals surface area contributed by atoms with E-state index in [9.17, 15) is 4.79 Å². The molecule has 1 heterocycles. The maximum atomic E-state index is 11.8. The first kappa shape index (κ1) is 21.2. The molecule has 3 rings (SSSR count). The van der Waals surface area contributed by atoms with Gasteiger partial charge in [0.05, 0.1) is 0 Å². The van der Waals surface area contributed by atoms with Crippen LogP contribution in [0.5, 0.6) is 5.75 Å². The van der Waals surface area contributed by atoms with Gasteiger partial charge >= 0.3 is 6.09 Å². The molecule has 0 saturated carbocycles. The molecule has 0 radical (unpaired) electrons. The monoisotopic (exact) mass is 458 g/mol.